The van der Waals surface area contributed by atoms with Crippen LogP contribution in [-0.4, -0.2) is 45.3 Å². The Morgan fingerprint density at radius 1 is 0.765 bits per heavy atom. The van der Waals surface area contributed by atoms with E-state index in [-0.39, 0.29) is 41.3 Å². The fourth-order valence-corrected chi connectivity index (χ4v) is 3.02. The van der Waals surface area contributed by atoms with E-state index in [0.717, 1.165) is 10.2 Å². The number of nitrogens with zero attached hydrogens (tertiary/aromatic N) is 3. The number of pyridine rings is 3. The Morgan fingerprint density at radius 3 is 1.09 bits per heavy atom. The van der Waals surface area contributed by atoms with Crippen molar-refractivity contribution in [1.29, 1.82) is 0 Å². The molecule has 0 saturated carbocycles. The first-order valence-corrected chi connectivity index (χ1v) is 14.6. The van der Waals surface area contributed by atoms with E-state index in [1.54, 1.807) is 78.9 Å². The molecule has 0 unspecified atom stereocenters. The summed E-state index contributed by atoms with van der Waals surface area (Å²) in [6.07, 6.45) is 7.41. The van der Waals surface area contributed by atoms with E-state index in [9.17, 15) is 24.0 Å². The molecule has 1 aliphatic rings. The summed E-state index contributed by atoms with van der Waals surface area (Å²) in [5.74, 6) is 0. The zero-order valence-corrected chi connectivity index (χ0v) is 26.9. The van der Waals surface area contributed by atoms with Gasteiger partial charge >= 0.3 is 41.3 Å². The standard InChI is InChI=1S/3C5H4NOS.C2H4OS2.C2H6OS.Pr/c3*7-6-4-2-1-3-5(6)8;3-5-1-4-2-5;1-4(2)3;/h3*1-4H;1-2H2;1-2H3;/q3*-1;;;+3. The Balaban J connectivity index is 0. The molecule has 3 aromatic rings. The van der Waals surface area contributed by atoms with Crippen LogP contribution in [0.5, 0.6) is 0 Å². The maximum Gasteiger partial charge on any atom is 3.00 e. The SMILES string of the molecule is CS(C)=O.O=S1CSC1.[O-]n1ccccc1=S.[O-]n1ccccc1=S.[O-]n1ccccc1=S.[Pr+3]. The molecule has 0 bridgehead atoms. The first kappa shape index (κ1) is 35.7. The van der Waals surface area contributed by atoms with Crippen molar-refractivity contribution >= 4 is 70.0 Å². The fourth-order valence-electron chi connectivity index (χ4n) is 1.39. The van der Waals surface area contributed by atoms with Crippen LogP contribution in [-0.2, 0) is 21.6 Å². The summed E-state index contributed by atoms with van der Waals surface area (Å²) >= 11 is 15.6. The van der Waals surface area contributed by atoms with Gasteiger partial charge in [-0.15, -0.1) is 11.8 Å². The van der Waals surface area contributed by atoms with Crippen LogP contribution in [0.2, 0.25) is 0 Å². The minimum Gasteiger partial charge on any atom is -0.805 e. The van der Waals surface area contributed by atoms with Gasteiger partial charge < -0.3 is 29.8 Å². The first-order chi connectivity index (χ1) is 15.5. The molecule has 1 fully saturated rings. The Bertz CT molecular complexity index is 1050. The van der Waals surface area contributed by atoms with Crippen molar-refractivity contribution in [3.8, 4) is 0 Å². The molecule has 8 nitrogen and oxygen atoms in total. The number of thioether (sulfide) groups is 1. The van der Waals surface area contributed by atoms with Crippen molar-refractivity contribution < 1.29 is 49.7 Å². The number of aromatic nitrogens is 3. The average Bonchev–Trinajstić information content (AvgIpc) is 2.74. The van der Waals surface area contributed by atoms with Crippen LogP contribution in [0.25, 0.3) is 0 Å². The van der Waals surface area contributed by atoms with E-state index in [1.165, 1.54) is 18.6 Å². The Labute approximate surface area is 256 Å². The van der Waals surface area contributed by atoms with Crippen LogP contribution in [0.4, 0.5) is 0 Å². The van der Waals surface area contributed by atoms with Gasteiger partial charge in [0.2, 0.25) is 0 Å². The summed E-state index contributed by atoms with van der Waals surface area (Å²) < 4.78 is 22.4. The Kier molecular flexibility index (Phi) is 22.9. The number of hydrogen-bond acceptors (Lipinski definition) is 9. The van der Waals surface area contributed by atoms with Crippen molar-refractivity contribution in [2.24, 2.45) is 0 Å². The van der Waals surface area contributed by atoms with Gasteiger partial charge in [0.25, 0.3) is 0 Å². The second-order valence-electron chi connectivity index (χ2n) is 5.72. The normalized spacial score (nSPS) is 11.1. The monoisotopic (exact) mass is 705 g/mol. The van der Waals surface area contributed by atoms with Gasteiger partial charge in [-0.3, -0.25) is 8.42 Å². The first-order valence-electron chi connectivity index (χ1n) is 8.78. The van der Waals surface area contributed by atoms with Crippen molar-refractivity contribution in [1.82, 2.24) is 14.2 Å². The zero-order valence-electron chi connectivity index (χ0n) is 18.3. The molecule has 34 heavy (non-hydrogen) atoms. The predicted molar refractivity (Wildman–Crippen MR) is 148 cm³/mol. The van der Waals surface area contributed by atoms with Crippen molar-refractivity contribution in [2.75, 3.05) is 22.7 Å². The van der Waals surface area contributed by atoms with Gasteiger partial charge in [0.15, 0.2) is 0 Å². The molecule has 0 N–H and O–H groups in total. The summed E-state index contributed by atoms with van der Waals surface area (Å²) in [4.78, 5) is 0. The molecule has 0 atom stereocenters. The molecule has 3 aromatic heterocycles. The quantitative estimate of drug-likeness (QED) is 0.295. The van der Waals surface area contributed by atoms with Crippen LogP contribution >= 0.6 is 48.4 Å². The summed E-state index contributed by atoms with van der Waals surface area (Å²) in [5, 5.41) is 33.0. The molecular formula is C19H22N3O5PrS6. The fraction of sp³-hybridized carbons (Fsp3) is 0.211. The van der Waals surface area contributed by atoms with E-state index >= 15 is 0 Å². The van der Waals surface area contributed by atoms with Crippen LogP contribution in [0.1, 0.15) is 0 Å². The molecule has 4 heterocycles. The predicted octanol–water partition coefficient (Wildman–Crippen LogP) is 5.08. The summed E-state index contributed by atoms with van der Waals surface area (Å²) in [6, 6.07) is 14.9. The van der Waals surface area contributed by atoms with Gasteiger partial charge in [-0.05, 0) is 55.0 Å². The summed E-state index contributed by atoms with van der Waals surface area (Å²) in [6.45, 7) is 0. The molecule has 0 amide bonds. The minimum absolute atomic E-state index is 0. The number of rotatable bonds is 0. The third kappa shape index (κ3) is 19.8. The molecule has 0 aromatic carbocycles. The van der Waals surface area contributed by atoms with Crippen molar-refractivity contribution in [3.63, 3.8) is 0 Å². The maximum absolute atomic E-state index is 10.4. The van der Waals surface area contributed by atoms with Gasteiger partial charge in [-0.2, -0.15) is 0 Å². The maximum atomic E-state index is 10.4. The molecule has 0 spiro atoms. The van der Waals surface area contributed by atoms with Crippen LogP contribution < -0.4 is 0 Å². The second kappa shape index (κ2) is 21.8. The third-order valence-corrected chi connectivity index (χ3v) is 7.18. The minimum atomic E-state index is -0.611. The molecule has 1 saturated heterocycles. The molecule has 0 radical (unpaired) electrons. The number of hydrogen-bond donors (Lipinski definition) is 0. The van der Waals surface area contributed by atoms with E-state index < -0.39 is 21.6 Å². The molecule has 4 rings (SSSR count). The molecule has 15 heteroatoms. The Hall–Kier alpha value is -0.476. The van der Waals surface area contributed by atoms with Crippen molar-refractivity contribution in [2.45, 2.75) is 0 Å². The largest absolute Gasteiger partial charge is 3.00 e. The van der Waals surface area contributed by atoms with Gasteiger partial charge in [0.1, 0.15) is 13.9 Å². The van der Waals surface area contributed by atoms with Gasteiger partial charge in [-0.25, -0.2) is 0 Å². The zero-order chi connectivity index (χ0) is 25.2. The van der Waals surface area contributed by atoms with E-state index in [0.29, 0.717) is 28.1 Å². The average molecular weight is 706 g/mol. The van der Waals surface area contributed by atoms with Crippen LogP contribution in [0.3, 0.4) is 0 Å². The second-order valence-corrected chi connectivity index (χ2v) is 11.6. The van der Waals surface area contributed by atoms with Gasteiger partial charge in [0, 0.05) is 34.1 Å². The Morgan fingerprint density at radius 2 is 1.00 bits per heavy atom. The van der Waals surface area contributed by atoms with Gasteiger partial charge in [-0.1, -0.05) is 54.9 Å². The van der Waals surface area contributed by atoms with Crippen LogP contribution in [0.15, 0.2) is 73.2 Å². The summed E-state index contributed by atoms with van der Waals surface area (Å²) in [7, 11) is -1.04. The van der Waals surface area contributed by atoms with Crippen LogP contribution in [0, 0.1) is 70.8 Å². The molecule has 0 aliphatic carbocycles. The van der Waals surface area contributed by atoms with Crippen molar-refractivity contribution in [3.05, 3.63) is 103 Å². The molecule has 1 aliphatic heterocycles. The van der Waals surface area contributed by atoms with E-state index in [1.807, 2.05) is 0 Å². The molecule has 182 valence electrons. The van der Waals surface area contributed by atoms with E-state index in [2.05, 4.69) is 36.7 Å². The third-order valence-electron chi connectivity index (χ3n) is 2.80. The smallest absolute Gasteiger partial charge is 0.805 e. The molecular weight excluding hydrogens is 684 g/mol. The van der Waals surface area contributed by atoms with Gasteiger partial charge in [0.05, 0.1) is 10.2 Å². The van der Waals surface area contributed by atoms with E-state index in [4.69, 9.17) is 0 Å². The topological polar surface area (TPSA) is 118 Å². The summed E-state index contributed by atoms with van der Waals surface area (Å²) in [5.41, 5.74) is 0.